The van der Waals surface area contributed by atoms with Gasteiger partial charge >= 0.3 is 11.3 Å². The van der Waals surface area contributed by atoms with Crippen LogP contribution in [0.15, 0.2) is 0 Å². The Morgan fingerprint density at radius 2 is 2.06 bits per heavy atom. The number of hydrogen-bond acceptors (Lipinski definition) is 7. The summed E-state index contributed by atoms with van der Waals surface area (Å²) in [5.74, 6) is -0.492. The number of hydrogen-bond donors (Lipinski definition) is 0. The maximum absolute atomic E-state index is 11.0. The maximum atomic E-state index is 11.0. The van der Waals surface area contributed by atoms with Gasteiger partial charge in [-0.2, -0.15) is 5.26 Å². The summed E-state index contributed by atoms with van der Waals surface area (Å²) < 4.78 is 8.92. The summed E-state index contributed by atoms with van der Waals surface area (Å²) in [7, 11) is 4.16. The molecule has 0 rings (SSSR count). The number of hydroxylamine groups is 3. The molecule has 0 aromatic heterocycles. The number of nitrogens with zero attached hydrogens (tertiary/aromatic N) is 2. The van der Waals surface area contributed by atoms with Gasteiger partial charge in [-0.15, -0.1) is 4.65 Å². The van der Waals surface area contributed by atoms with Gasteiger partial charge in [-0.3, -0.25) is 0 Å². The number of carbonyl (C=O) groups is 2. The van der Waals surface area contributed by atoms with Crippen molar-refractivity contribution in [2.24, 2.45) is 0 Å². The lowest BCUT2D eigenvalue weighted by Crippen LogP contribution is -2.48. The van der Waals surface area contributed by atoms with Crippen LogP contribution in [0.5, 0.6) is 0 Å². The van der Waals surface area contributed by atoms with Crippen LogP contribution < -0.4 is 0 Å². The Morgan fingerprint density at radius 3 is 2.50 bits per heavy atom. The molecule has 0 N–H and O–H groups in total. The van der Waals surface area contributed by atoms with Crippen LogP contribution in [-0.2, 0) is 19.1 Å². The molecule has 8 heteroatoms. The number of thiocyanates is 1. The van der Waals surface area contributed by atoms with Gasteiger partial charge in [-0.25, -0.2) is 14.4 Å². The number of quaternary nitrogens is 1. The Hall–Kier alpha value is -1.30. The third-order valence-corrected chi connectivity index (χ3v) is 2.09. The predicted octanol–water partition coefficient (Wildman–Crippen LogP) is 0.476. The number of esters is 1. The van der Waals surface area contributed by atoms with Gasteiger partial charge in [0.1, 0.15) is 12.4 Å². The van der Waals surface area contributed by atoms with Crippen LogP contribution in [0.4, 0.5) is 4.79 Å². The molecular formula is C8H13N2O5S+. The van der Waals surface area contributed by atoms with Crippen molar-refractivity contribution in [2.45, 2.75) is 0 Å². The van der Waals surface area contributed by atoms with Crippen molar-refractivity contribution in [3.8, 4) is 5.40 Å². The van der Waals surface area contributed by atoms with Crippen LogP contribution in [0.25, 0.3) is 0 Å². The molecule has 0 saturated carbocycles. The number of ether oxygens (including phenoxy) is 2. The molecule has 0 saturated heterocycles. The van der Waals surface area contributed by atoms with Crippen molar-refractivity contribution in [3.63, 3.8) is 0 Å². The van der Waals surface area contributed by atoms with E-state index in [-0.39, 0.29) is 17.9 Å². The molecule has 1 unspecified atom stereocenters. The van der Waals surface area contributed by atoms with Gasteiger partial charge in [0.05, 0.1) is 26.0 Å². The monoisotopic (exact) mass is 249 g/mol. The second-order valence-electron chi connectivity index (χ2n) is 2.93. The zero-order valence-electron chi connectivity index (χ0n) is 9.26. The van der Waals surface area contributed by atoms with E-state index in [9.17, 15) is 9.59 Å². The highest BCUT2D eigenvalue weighted by Crippen LogP contribution is 2.08. The molecule has 0 bridgehead atoms. The highest BCUT2D eigenvalue weighted by molar-refractivity contribution is 8.17. The lowest BCUT2D eigenvalue weighted by atomic mass is 10.6. The molecule has 1 atom stereocenters. The van der Waals surface area contributed by atoms with Crippen molar-refractivity contribution < 1.29 is 28.5 Å². The average molecular weight is 249 g/mol. The molecule has 0 heterocycles. The highest BCUT2D eigenvalue weighted by Gasteiger charge is 2.29. The fourth-order valence-electron chi connectivity index (χ4n) is 0.757. The summed E-state index contributed by atoms with van der Waals surface area (Å²) >= 11 is 0.370. The summed E-state index contributed by atoms with van der Waals surface area (Å²) in [5, 5.41) is 9.04. The van der Waals surface area contributed by atoms with E-state index in [0.29, 0.717) is 11.8 Å². The molecule has 16 heavy (non-hydrogen) atoms. The lowest BCUT2D eigenvalue weighted by molar-refractivity contribution is -1.09. The standard InChI is InChI=1S/C8H13N2O5S/c1-10(14-3,4-7(11)13-2)6-15-8(12)16-5-9/h4,6H2,1-3H3/q+1. The van der Waals surface area contributed by atoms with E-state index in [4.69, 9.17) is 14.8 Å². The largest absolute Gasteiger partial charge is 0.465 e. The van der Waals surface area contributed by atoms with Crippen molar-refractivity contribution in [3.05, 3.63) is 0 Å². The minimum absolute atomic E-state index is 0.0997. The summed E-state index contributed by atoms with van der Waals surface area (Å²) in [6.45, 7) is -0.281. The zero-order chi connectivity index (χ0) is 12.6. The van der Waals surface area contributed by atoms with Crippen LogP contribution in [0.2, 0.25) is 0 Å². The van der Waals surface area contributed by atoms with Crippen molar-refractivity contribution >= 4 is 23.0 Å². The van der Waals surface area contributed by atoms with Crippen LogP contribution >= 0.6 is 11.8 Å². The van der Waals surface area contributed by atoms with Gasteiger partial charge in [0, 0.05) is 0 Å². The first kappa shape index (κ1) is 14.7. The van der Waals surface area contributed by atoms with E-state index in [0.717, 1.165) is 0 Å². The zero-order valence-corrected chi connectivity index (χ0v) is 10.1. The number of rotatable bonds is 5. The Balaban J connectivity index is 4.22. The third-order valence-electron chi connectivity index (χ3n) is 1.72. The fourth-order valence-corrected chi connectivity index (χ4v) is 0.943. The average Bonchev–Trinajstić information content (AvgIpc) is 2.27. The Kier molecular flexibility index (Phi) is 6.48. The van der Waals surface area contributed by atoms with E-state index in [1.165, 1.54) is 14.2 Å². The number of thioether (sulfide) groups is 1. The topological polar surface area (TPSA) is 85.6 Å². The van der Waals surface area contributed by atoms with Gasteiger partial charge in [-0.1, -0.05) is 0 Å². The molecule has 0 aliphatic heterocycles. The first-order valence-corrected chi connectivity index (χ1v) is 4.99. The highest BCUT2D eigenvalue weighted by atomic mass is 32.2. The first-order chi connectivity index (χ1) is 7.47. The van der Waals surface area contributed by atoms with Crippen LogP contribution in [0, 0.1) is 10.7 Å². The van der Waals surface area contributed by atoms with E-state index in [2.05, 4.69) is 4.74 Å². The summed E-state index contributed by atoms with van der Waals surface area (Å²) in [6.07, 6.45) is 0. The van der Waals surface area contributed by atoms with Crippen molar-refractivity contribution in [2.75, 3.05) is 34.5 Å². The van der Waals surface area contributed by atoms with Crippen LogP contribution in [0.3, 0.4) is 0 Å². The Labute approximate surface area is 97.4 Å². The van der Waals surface area contributed by atoms with E-state index < -0.39 is 11.3 Å². The van der Waals surface area contributed by atoms with E-state index in [1.54, 1.807) is 12.4 Å². The first-order valence-electron chi connectivity index (χ1n) is 4.17. The van der Waals surface area contributed by atoms with E-state index in [1.807, 2.05) is 0 Å². The molecule has 90 valence electrons. The minimum atomic E-state index is -0.742. The molecule has 0 aromatic rings. The number of likely N-dealkylation sites (N-methyl/N-ethyl adjacent to an activating group) is 1. The van der Waals surface area contributed by atoms with Gasteiger partial charge in [0.15, 0.2) is 0 Å². The van der Waals surface area contributed by atoms with Gasteiger partial charge in [0.25, 0.3) is 6.73 Å². The maximum Gasteiger partial charge on any atom is 0.386 e. The second kappa shape index (κ2) is 7.05. The van der Waals surface area contributed by atoms with E-state index >= 15 is 0 Å². The molecular weight excluding hydrogens is 236 g/mol. The molecule has 0 amide bonds. The third kappa shape index (κ3) is 5.55. The van der Waals surface area contributed by atoms with Gasteiger partial charge < -0.3 is 9.47 Å². The molecule has 0 aromatic carbocycles. The predicted molar refractivity (Wildman–Crippen MR) is 54.6 cm³/mol. The second-order valence-corrected chi connectivity index (χ2v) is 3.65. The molecule has 7 nitrogen and oxygen atoms in total. The lowest BCUT2D eigenvalue weighted by Gasteiger charge is -2.27. The Morgan fingerprint density at radius 1 is 1.44 bits per heavy atom. The van der Waals surface area contributed by atoms with Crippen molar-refractivity contribution in [1.82, 2.24) is 0 Å². The molecule has 0 radical (unpaired) electrons. The molecule has 0 spiro atoms. The fraction of sp³-hybridized carbons (Fsp3) is 0.625. The quantitative estimate of drug-likeness (QED) is 0.230. The summed E-state index contributed by atoms with van der Waals surface area (Å²) in [4.78, 5) is 26.9. The van der Waals surface area contributed by atoms with Gasteiger partial charge in [0.2, 0.25) is 6.54 Å². The number of nitriles is 1. The Bertz CT molecular complexity index is 303. The minimum Gasteiger partial charge on any atom is -0.465 e. The smallest absolute Gasteiger partial charge is 0.386 e. The molecule has 0 fully saturated rings. The summed E-state index contributed by atoms with van der Waals surface area (Å²) in [5.41, 5.74) is 0. The summed E-state index contributed by atoms with van der Waals surface area (Å²) in [6, 6.07) is 0. The molecule has 0 aliphatic rings. The number of methoxy groups -OCH3 is 1. The van der Waals surface area contributed by atoms with Gasteiger partial charge in [-0.05, 0) is 0 Å². The van der Waals surface area contributed by atoms with Crippen molar-refractivity contribution in [1.29, 1.82) is 5.26 Å². The normalized spacial score (nSPS) is 13.4. The SMILES string of the molecule is COC(=O)C[N+](C)(COC(=O)SC#N)OC. The van der Waals surface area contributed by atoms with Crippen LogP contribution in [-0.4, -0.2) is 50.5 Å². The van der Waals surface area contributed by atoms with Crippen LogP contribution in [0.1, 0.15) is 0 Å². The molecule has 0 aliphatic carbocycles. The number of carbonyl (C=O) groups excluding carboxylic acids is 2.